The van der Waals surface area contributed by atoms with Gasteiger partial charge in [0, 0.05) is 12.8 Å². The Morgan fingerprint density at radius 3 is 3.00 bits per heavy atom. The molecule has 5 heteroatoms. The van der Waals surface area contributed by atoms with E-state index in [0.717, 1.165) is 6.20 Å². The molecular formula is C9H14FN3O. The summed E-state index contributed by atoms with van der Waals surface area (Å²) in [6, 6.07) is 1.16. The Balaban J connectivity index is 2.68. The number of aromatic nitrogens is 1. The number of halogens is 1. The Morgan fingerprint density at radius 1 is 1.64 bits per heavy atom. The first-order chi connectivity index (χ1) is 6.77. The van der Waals surface area contributed by atoms with Crippen LogP contribution in [0.4, 0.5) is 4.39 Å². The van der Waals surface area contributed by atoms with Gasteiger partial charge in [0.05, 0.1) is 18.8 Å². The van der Waals surface area contributed by atoms with Gasteiger partial charge in [-0.25, -0.2) is 4.39 Å². The molecule has 0 saturated carbocycles. The monoisotopic (exact) mass is 199 g/mol. The van der Waals surface area contributed by atoms with Crippen molar-refractivity contribution in [3.63, 3.8) is 0 Å². The number of nitrogens with zero attached hydrogens (tertiary/aromatic N) is 1. The van der Waals surface area contributed by atoms with E-state index in [2.05, 4.69) is 10.4 Å². The smallest absolute Gasteiger partial charge is 0.141 e. The molecule has 0 aliphatic rings. The van der Waals surface area contributed by atoms with E-state index < -0.39 is 0 Å². The van der Waals surface area contributed by atoms with Crippen molar-refractivity contribution in [3.05, 3.63) is 29.8 Å². The number of nitrogens with two attached hydrogens (primary N) is 1. The Hall–Kier alpha value is -1.04. The lowest BCUT2D eigenvalue weighted by Gasteiger charge is -2.15. The Kier molecular flexibility index (Phi) is 4.45. The van der Waals surface area contributed by atoms with Crippen molar-refractivity contribution < 1.29 is 9.13 Å². The number of rotatable bonds is 5. The summed E-state index contributed by atoms with van der Waals surface area (Å²) in [5, 5.41) is 0. The molecule has 0 aliphatic carbocycles. The summed E-state index contributed by atoms with van der Waals surface area (Å²) in [6.07, 6.45) is 2.71. The van der Waals surface area contributed by atoms with Crippen LogP contribution in [0.2, 0.25) is 0 Å². The molecule has 0 amide bonds. The van der Waals surface area contributed by atoms with Gasteiger partial charge in [-0.2, -0.15) is 0 Å². The predicted molar refractivity (Wildman–Crippen MR) is 50.8 cm³/mol. The third-order valence-electron chi connectivity index (χ3n) is 1.82. The van der Waals surface area contributed by atoms with E-state index >= 15 is 0 Å². The van der Waals surface area contributed by atoms with Crippen molar-refractivity contribution in [2.45, 2.75) is 13.0 Å². The second-order valence-electron chi connectivity index (χ2n) is 2.82. The van der Waals surface area contributed by atoms with E-state index in [1.807, 2.05) is 6.92 Å². The molecule has 0 aromatic carbocycles. The van der Waals surface area contributed by atoms with Crippen LogP contribution in [0, 0.1) is 5.82 Å². The number of hydrazine groups is 1. The quantitative estimate of drug-likeness (QED) is 0.543. The first-order valence-electron chi connectivity index (χ1n) is 4.42. The molecule has 1 heterocycles. The van der Waals surface area contributed by atoms with E-state index in [1.165, 1.54) is 6.07 Å². The predicted octanol–water partition coefficient (Wildman–Crippen LogP) is 0.762. The lowest BCUT2D eigenvalue weighted by molar-refractivity contribution is 0.123. The fraction of sp³-hybridized carbons (Fsp3) is 0.444. The third-order valence-corrected chi connectivity index (χ3v) is 1.82. The fourth-order valence-corrected chi connectivity index (χ4v) is 1.10. The molecule has 1 aromatic heterocycles. The molecule has 4 nitrogen and oxygen atoms in total. The average molecular weight is 199 g/mol. The SMILES string of the molecule is CCOCC(NN)c1cncc(F)c1. The van der Waals surface area contributed by atoms with Crippen LogP contribution in [0.25, 0.3) is 0 Å². The van der Waals surface area contributed by atoms with Gasteiger partial charge in [0.15, 0.2) is 0 Å². The van der Waals surface area contributed by atoms with Gasteiger partial charge in [0.1, 0.15) is 5.82 Å². The minimum Gasteiger partial charge on any atom is -0.380 e. The molecule has 1 aromatic rings. The Bertz CT molecular complexity index is 283. The zero-order valence-electron chi connectivity index (χ0n) is 8.03. The standard InChI is InChI=1S/C9H14FN3O/c1-2-14-6-9(13-11)7-3-8(10)5-12-4-7/h3-5,9,13H,2,6,11H2,1H3. The molecule has 0 saturated heterocycles. The topological polar surface area (TPSA) is 60.2 Å². The summed E-state index contributed by atoms with van der Waals surface area (Å²) in [4.78, 5) is 3.74. The second-order valence-corrected chi connectivity index (χ2v) is 2.82. The van der Waals surface area contributed by atoms with Crippen LogP contribution >= 0.6 is 0 Å². The van der Waals surface area contributed by atoms with Crippen LogP contribution in [-0.2, 0) is 4.74 Å². The summed E-state index contributed by atoms with van der Waals surface area (Å²) in [5.41, 5.74) is 3.23. The van der Waals surface area contributed by atoms with Gasteiger partial charge in [0.2, 0.25) is 0 Å². The number of pyridine rings is 1. The summed E-state index contributed by atoms with van der Waals surface area (Å²) in [5.74, 6) is 4.94. The number of hydrogen-bond acceptors (Lipinski definition) is 4. The molecule has 0 radical (unpaired) electrons. The third kappa shape index (κ3) is 3.02. The van der Waals surface area contributed by atoms with Crippen molar-refractivity contribution in [2.75, 3.05) is 13.2 Å². The highest BCUT2D eigenvalue weighted by atomic mass is 19.1. The molecule has 0 spiro atoms. The summed E-state index contributed by atoms with van der Waals surface area (Å²) in [6.45, 7) is 2.89. The minimum atomic E-state index is -0.376. The molecule has 0 aliphatic heterocycles. The Labute approximate surface area is 82.2 Å². The van der Waals surface area contributed by atoms with Gasteiger partial charge < -0.3 is 4.74 Å². The summed E-state index contributed by atoms with van der Waals surface area (Å²) >= 11 is 0. The first-order valence-corrected chi connectivity index (χ1v) is 4.42. The zero-order chi connectivity index (χ0) is 10.4. The van der Waals surface area contributed by atoms with Gasteiger partial charge in [-0.1, -0.05) is 0 Å². The van der Waals surface area contributed by atoms with Crippen molar-refractivity contribution in [1.29, 1.82) is 0 Å². The largest absolute Gasteiger partial charge is 0.380 e. The van der Waals surface area contributed by atoms with Gasteiger partial charge in [-0.3, -0.25) is 16.3 Å². The maximum absolute atomic E-state index is 12.8. The molecule has 1 rings (SSSR count). The lowest BCUT2D eigenvalue weighted by atomic mass is 10.1. The average Bonchev–Trinajstić information content (AvgIpc) is 2.19. The maximum Gasteiger partial charge on any atom is 0.141 e. The normalized spacial score (nSPS) is 12.8. The van der Waals surface area contributed by atoms with Crippen molar-refractivity contribution in [3.8, 4) is 0 Å². The maximum atomic E-state index is 12.8. The second kappa shape index (κ2) is 5.64. The first kappa shape index (κ1) is 11.0. The molecule has 1 atom stereocenters. The molecule has 1 unspecified atom stereocenters. The fourth-order valence-electron chi connectivity index (χ4n) is 1.10. The van der Waals surface area contributed by atoms with Crippen LogP contribution in [0.5, 0.6) is 0 Å². The van der Waals surface area contributed by atoms with E-state index in [0.29, 0.717) is 18.8 Å². The van der Waals surface area contributed by atoms with Crippen molar-refractivity contribution in [2.24, 2.45) is 5.84 Å². The van der Waals surface area contributed by atoms with Crippen molar-refractivity contribution >= 4 is 0 Å². The molecule has 0 fully saturated rings. The number of hydrogen-bond donors (Lipinski definition) is 2. The summed E-state index contributed by atoms with van der Waals surface area (Å²) < 4.78 is 18.0. The highest BCUT2D eigenvalue weighted by Gasteiger charge is 2.10. The van der Waals surface area contributed by atoms with Crippen LogP contribution in [-0.4, -0.2) is 18.2 Å². The highest BCUT2D eigenvalue weighted by Crippen LogP contribution is 2.11. The van der Waals surface area contributed by atoms with E-state index in [1.54, 1.807) is 6.20 Å². The number of ether oxygens (including phenoxy) is 1. The van der Waals surface area contributed by atoms with Crippen LogP contribution < -0.4 is 11.3 Å². The van der Waals surface area contributed by atoms with Crippen molar-refractivity contribution in [1.82, 2.24) is 10.4 Å². The van der Waals surface area contributed by atoms with Crippen LogP contribution in [0.1, 0.15) is 18.5 Å². The van der Waals surface area contributed by atoms with Crippen LogP contribution in [0.15, 0.2) is 18.5 Å². The molecule has 0 bridgehead atoms. The van der Waals surface area contributed by atoms with Gasteiger partial charge in [-0.05, 0) is 18.6 Å². The molecular weight excluding hydrogens is 185 g/mol. The summed E-state index contributed by atoms with van der Waals surface area (Å²) in [7, 11) is 0. The molecule has 14 heavy (non-hydrogen) atoms. The highest BCUT2D eigenvalue weighted by molar-refractivity contribution is 5.14. The molecule has 78 valence electrons. The van der Waals surface area contributed by atoms with Gasteiger partial charge >= 0.3 is 0 Å². The zero-order valence-corrected chi connectivity index (χ0v) is 8.03. The van der Waals surface area contributed by atoms with E-state index in [-0.39, 0.29) is 11.9 Å². The van der Waals surface area contributed by atoms with E-state index in [9.17, 15) is 4.39 Å². The van der Waals surface area contributed by atoms with Crippen LogP contribution in [0.3, 0.4) is 0 Å². The molecule has 3 N–H and O–H groups in total. The Morgan fingerprint density at radius 2 is 2.43 bits per heavy atom. The van der Waals surface area contributed by atoms with E-state index in [4.69, 9.17) is 10.6 Å². The van der Waals surface area contributed by atoms with Gasteiger partial charge in [-0.15, -0.1) is 0 Å². The minimum absolute atomic E-state index is 0.224. The van der Waals surface area contributed by atoms with Gasteiger partial charge in [0.25, 0.3) is 0 Å². The lowest BCUT2D eigenvalue weighted by Crippen LogP contribution is -2.31. The number of nitrogens with one attached hydrogen (secondary N) is 1.